The highest BCUT2D eigenvalue weighted by molar-refractivity contribution is 5.98. The summed E-state index contributed by atoms with van der Waals surface area (Å²) in [7, 11) is 0. The van der Waals surface area contributed by atoms with E-state index in [1.54, 1.807) is 23.7 Å². The Hall–Kier alpha value is -2.95. The number of ether oxygens (including phenoxy) is 1. The monoisotopic (exact) mass is 352 g/mol. The Morgan fingerprint density at radius 2 is 1.77 bits per heavy atom. The average Bonchev–Trinajstić information content (AvgIpc) is 3.04. The van der Waals surface area contributed by atoms with Gasteiger partial charge in [0.15, 0.2) is 0 Å². The second-order valence-electron chi connectivity index (χ2n) is 6.24. The van der Waals surface area contributed by atoms with Crippen LogP contribution in [0.25, 0.3) is 16.9 Å². The van der Waals surface area contributed by atoms with Crippen LogP contribution in [0.1, 0.15) is 42.7 Å². The largest absolute Gasteiger partial charge is 0.462 e. The fourth-order valence-corrected chi connectivity index (χ4v) is 2.87. The van der Waals surface area contributed by atoms with Gasteiger partial charge >= 0.3 is 5.97 Å². The fraction of sp³-hybridized carbons (Fsp3) is 0.238. The van der Waals surface area contributed by atoms with Crippen LogP contribution in [0, 0.1) is 5.82 Å². The lowest BCUT2D eigenvalue weighted by molar-refractivity contribution is 0.0525. The van der Waals surface area contributed by atoms with Gasteiger partial charge in [-0.3, -0.25) is 0 Å². The summed E-state index contributed by atoms with van der Waals surface area (Å²) in [6.45, 7) is 6.01. The molecule has 4 nitrogen and oxygen atoms in total. The Bertz CT molecular complexity index is 900. The molecule has 0 atom stereocenters. The molecule has 0 bridgehead atoms. The number of para-hydroxylation sites is 1. The van der Waals surface area contributed by atoms with Crippen molar-refractivity contribution in [1.29, 1.82) is 0 Å². The third kappa shape index (κ3) is 3.38. The van der Waals surface area contributed by atoms with Gasteiger partial charge in [-0.1, -0.05) is 32.0 Å². The zero-order valence-electron chi connectivity index (χ0n) is 15.1. The summed E-state index contributed by atoms with van der Waals surface area (Å²) in [6.07, 6.45) is 0. The summed E-state index contributed by atoms with van der Waals surface area (Å²) in [4.78, 5) is 12.7. The molecule has 1 aromatic heterocycles. The quantitative estimate of drug-likeness (QED) is 0.608. The van der Waals surface area contributed by atoms with E-state index in [0.29, 0.717) is 22.5 Å². The van der Waals surface area contributed by atoms with E-state index in [4.69, 9.17) is 9.84 Å². The number of hydrogen-bond acceptors (Lipinski definition) is 3. The lowest BCUT2D eigenvalue weighted by Crippen LogP contribution is -2.09. The highest BCUT2D eigenvalue weighted by atomic mass is 19.1. The molecule has 0 unspecified atom stereocenters. The molecular formula is C21H21FN2O2. The molecule has 0 N–H and O–H groups in total. The molecule has 0 saturated heterocycles. The second-order valence-corrected chi connectivity index (χ2v) is 6.24. The standard InChI is InChI=1S/C21H21FN2O2/c1-4-26-21(25)18-19(14(2)3)23-24(17-8-6-5-7-9-17)20(18)15-10-12-16(22)13-11-15/h5-14H,4H2,1-3H3. The first-order valence-corrected chi connectivity index (χ1v) is 8.64. The van der Waals surface area contributed by atoms with Crippen molar-refractivity contribution < 1.29 is 13.9 Å². The summed E-state index contributed by atoms with van der Waals surface area (Å²) in [5.74, 6) is -0.724. The number of halogens is 1. The Labute approximate surface area is 152 Å². The van der Waals surface area contributed by atoms with E-state index in [9.17, 15) is 9.18 Å². The smallest absolute Gasteiger partial charge is 0.342 e. The summed E-state index contributed by atoms with van der Waals surface area (Å²) in [5.41, 5.74) is 3.23. The normalized spacial score (nSPS) is 11.0. The van der Waals surface area contributed by atoms with Gasteiger partial charge in [0, 0.05) is 5.56 Å². The summed E-state index contributed by atoms with van der Waals surface area (Å²) >= 11 is 0. The number of nitrogens with zero attached hydrogens (tertiary/aromatic N) is 2. The van der Waals surface area contributed by atoms with Gasteiger partial charge in [0.1, 0.15) is 11.4 Å². The predicted octanol–water partition coefficient (Wildman–Crippen LogP) is 4.98. The van der Waals surface area contributed by atoms with Gasteiger partial charge in [0.25, 0.3) is 0 Å². The van der Waals surface area contributed by atoms with Crippen LogP contribution in [0.15, 0.2) is 54.6 Å². The first-order chi connectivity index (χ1) is 12.5. The van der Waals surface area contributed by atoms with Crippen molar-refractivity contribution in [2.45, 2.75) is 26.7 Å². The molecule has 0 radical (unpaired) electrons. The minimum Gasteiger partial charge on any atom is -0.462 e. The highest BCUT2D eigenvalue weighted by Gasteiger charge is 2.28. The molecule has 0 amide bonds. The highest BCUT2D eigenvalue weighted by Crippen LogP contribution is 2.33. The number of aromatic nitrogens is 2. The summed E-state index contributed by atoms with van der Waals surface area (Å²) in [5, 5.41) is 4.70. The van der Waals surface area contributed by atoms with Crippen LogP contribution in [0.3, 0.4) is 0 Å². The molecule has 3 rings (SSSR count). The first kappa shape index (κ1) is 17.9. The molecule has 3 aromatic rings. The number of esters is 1. The molecule has 0 saturated carbocycles. The fourth-order valence-electron chi connectivity index (χ4n) is 2.87. The summed E-state index contributed by atoms with van der Waals surface area (Å²) < 4.78 is 20.4. The zero-order chi connectivity index (χ0) is 18.7. The van der Waals surface area contributed by atoms with E-state index in [2.05, 4.69) is 0 Å². The third-order valence-electron chi connectivity index (χ3n) is 4.06. The van der Waals surface area contributed by atoms with Crippen molar-refractivity contribution in [1.82, 2.24) is 9.78 Å². The van der Waals surface area contributed by atoms with Crippen LogP contribution in [0.2, 0.25) is 0 Å². The minimum absolute atomic E-state index is 0.0265. The third-order valence-corrected chi connectivity index (χ3v) is 4.06. The van der Waals surface area contributed by atoms with E-state index in [1.807, 2.05) is 44.2 Å². The Morgan fingerprint density at radius 3 is 2.35 bits per heavy atom. The van der Waals surface area contributed by atoms with Crippen molar-refractivity contribution in [3.63, 3.8) is 0 Å². The lowest BCUT2D eigenvalue weighted by Gasteiger charge is -2.10. The van der Waals surface area contributed by atoms with E-state index in [1.165, 1.54) is 12.1 Å². The van der Waals surface area contributed by atoms with Gasteiger partial charge in [-0.25, -0.2) is 13.9 Å². The first-order valence-electron chi connectivity index (χ1n) is 8.64. The molecule has 26 heavy (non-hydrogen) atoms. The van der Waals surface area contributed by atoms with Gasteiger partial charge in [-0.2, -0.15) is 5.10 Å². The van der Waals surface area contributed by atoms with Gasteiger partial charge in [0.05, 0.1) is 23.7 Å². The Balaban J connectivity index is 2.32. The number of carbonyl (C=O) groups is 1. The molecular weight excluding hydrogens is 331 g/mol. The topological polar surface area (TPSA) is 44.1 Å². The van der Waals surface area contributed by atoms with Crippen LogP contribution in [-0.4, -0.2) is 22.4 Å². The SMILES string of the molecule is CCOC(=O)c1c(C(C)C)nn(-c2ccccc2)c1-c1ccc(F)cc1. The maximum absolute atomic E-state index is 13.4. The van der Waals surface area contributed by atoms with Crippen molar-refractivity contribution in [3.05, 3.63) is 71.7 Å². The molecule has 0 spiro atoms. The molecule has 2 aromatic carbocycles. The van der Waals surface area contributed by atoms with E-state index < -0.39 is 5.97 Å². The maximum atomic E-state index is 13.4. The molecule has 0 aliphatic heterocycles. The van der Waals surface area contributed by atoms with Gasteiger partial charge in [-0.05, 0) is 49.2 Å². The van der Waals surface area contributed by atoms with E-state index in [0.717, 1.165) is 5.69 Å². The van der Waals surface area contributed by atoms with Gasteiger partial charge in [0.2, 0.25) is 0 Å². The van der Waals surface area contributed by atoms with Gasteiger partial charge < -0.3 is 4.74 Å². The number of benzene rings is 2. The van der Waals surface area contributed by atoms with Crippen molar-refractivity contribution >= 4 is 5.97 Å². The van der Waals surface area contributed by atoms with Crippen molar-refractivity contribution in [2.24, 2.45) is 0 Å². The van der Waals surface area contributed by atoms with E-state index >= 15 is 0 Å². The van der Waals surface area contributed by atoms with Crippen LogP contribution in [-0.2, 0) is 4.74 Å². The summed E-state index contributed by atoms with van der Waals surface area (Å²) in [6, 6.07) is 15.6. The average molecular weight is 352 g/mol. The molecule has 0 aliphatic carbocycles. The van der Waals surface area contributed by atoms with Crippen molar-refractivity contribution in [3.8, 4) is 16.9 Å². The molecule has 0 aliphatic rings. The molecule has 5 heteroatoms. The predicted molar refractivity (Wildman–Crippen MR) is 99.0 cm³/mol. The Morgan fingerprint density at radius 1 is 1.12 bits per heavy atom. The molecule has 1 heterocycles. The number of rotatable bonds is 5. The zero-order valence-corrected chi connectivity index (χ0v) is 15.1. The Kier molecular flexibility index (Phi) is 5.16. The lowest BCUT2D eigenvalue weighted by atomic mass is 10.00. The van der Waals surface area contributed by atoms with E-state index in [-0.39, 0.29) is 18.3 Å². The molecule has 0 fully saturated rings. The van der Waals surface area contributed by atoms with Crippen LogP contribution in [0.4, 0.5) is 4.39 Å². The van der Waals surface area contributed by atoms with Crippen LogP contribution in [0.5, 0.6) is 0 Å². The second kappa shape index (κ2) is 7.52. The minimum atomic E-state index is -0.419. The van der Waals surface area contributed by atoms with Crippen molar-refractivity contribution in [2.75, 3.05) is 6.61 Å². The van der Waals surface area contributed by atoms with Crippen LogP contribution >= 0.6 is 0 Å². The number of carbonyl (C=O) groups excluding carboxylic acids is 1. The van der Waals surface area contributed by atoms with Gasteiger partial charge in [-0.15, -0.1) is 0 Å². The molecule has 134 valence electrons. The maximum Gasteiger partial charge on any atom is 0.342 e. The number of hydrogen-bond donors (Lipinski definition) is 0. The van der Waals surface area contributed by atoms with Crippen LogP contribution < -0.4 is 0 Å².